The lowest BCUT2D eigenvalue weighted by atomic mass is 9.95. The van der Waals surface area contributed by atoms with Gasteiger partial charge < -0.3 is 5.32 Å². The maximum absolute atomic E-state index is 12.4. The van der Waals surface area contributed by atoms with E-state index in [0.29, 0.717) is 12.0 Å². The highest BCUT2D eigenvalue weighted by Crippen LogP contribution is 2.32. The fraction of sp³-hybridized carbons (Fsp3) is 0.538. The summed E-state index contributed by atoms with van der Waals surface area (Å²) in [6, 6.07) is 6.06. The number of benzene rings is 1. The molecule has 1 aliphatic rings. The van der Waals surface area contributed by atoms with Crippen molar-refractivity contribution < 1.29 is 13.2 Å². The maximum atomic E-state index is 12.4. The van der Waals surface area contributed by atoms with Crippen LogP contribution in [0.15, 0.2) is 24.3 Å². The van der Waals surface area contributed by atoms with Gasteiger partial charge in [-0.1, -0.05) is 19.1 Å². The molecule has 0 aromatic heterocycles. The molecule has 1 saturated heterocycles. The molecule has 1 nitrogen and oxygen atoms in total. The summed E-state index contributed by atoms with van der Waals surface area (Å²) in [5.41, 5.74) is 0.431. The Morgan fingerprint density at radius 1 is 1.24 bits per heavy atom. The van der Waals surface area contributed by atoms with E-state index in [9.17, 15) is 13.2 Å². The summed E-state index contributed by atoms with van der Waals surface area (Å²) in [6.07, 6.45) is -2.16. The Balaban J connectivity index is 2.09. The summed E-state index contributed by atoms with van der Waals surface area (Å²) in [7, 11) is 0. The Morgan fingerprint density at radius 3 is 2.35 bits per heavy atom. The second-order valence-corrected chi connectivity index (χ2v) is 4.57. The van der Waals surface area contributed by atoms with Crippen LogP contribution < -0.4 is 5.32 Å². The van der Waals surface area contributed by atoms with Crippen molar-refractivity contribution >= 4 is 0 Å². The number of alkyl halides is 3. The van der Waals surface area contributed by atoms with E-state index in [1.807, 2.05) is 0 Å². The van der Waals surface area contributed by atoms with E-state index >= 15 is 0 Å². The van der Waals surface area contributed by atoms with Gasteiger partial charge in [-0.3, -0.25) is 0 Å². The fourth-order valence-corrected chi connectivity index (χ4v) is 2.33. The van der Waals surface area contributed by atoms with Crippen LogP contribution >= 0.6 is 0 Å². The minimum Gasteiger partial charge on any atom is -0.313 e. The molecule has 1 fully saturated rings. The highest BCUT2D eigenvalue weighted by atomic mass is 19.4. The molecule has 1 heterocycles. The van der Waals surface area contributed by atoms with E-state index in [-0.39, 0.29) is 0 Å². The lowest BCUT2D eigenvalue weighted by Gasteiger charge is -2.11. The maximum Gasteiger partial charge on any atom is 0.416 e. The van der Waals surface area contributed by atoms with Gasteiger partial charge >= 0.3 is 6.18 Å². The smallest absolute Gasteiger partial charge is 0.313 e. The third-order valence-electron chi connectivity index (χ3n) is 3.42. The van der Waals surface area contributed by atoms with Gasteiger partial charge in [0.25, 0.3) is 0 Å². The lowest BCUT2D eigenvalue weighted by molar-refractivity contribution is -0.137. The molecule has 1 aromatic rings. The molecular formula is C13H16F3N. The molecule has 4 heteroatoms. The largest absolute Gasteiger partial charge is 0.416 e. The van der Waals surface area contributed by atoms with Gasteiger partial charge in [-0.2, -0.15) is 13.2 Å². The zero-order valence-electron chi connectivity index (χ0n) is 9.72. The van der Waals surface area contributed by atoms with Crippen LogP contribution in [-0.2, 0) is 6.18 Å². The average molecular weight is 243 g/mol. The van der Waals surface area contributed by atoms with Gasteiger partial charge in [-0.15, -0.1) is 0 Å². The second kappa shape index (κ2) is 4.69. The molecule has 0 spiro atoms. The van der Waals surface area contributed by atoms with E-state index in [1.54, 1.807) is 12.1 Å². The Morgan fingerprint density at radius 2 is 1.88 bits per heavy atom. The summed E-state index contributed by atoms with van der Waals surface area (Å²) in [6.45, 7) is 2.98. The highest BCUT2D eigenvalue weighted by Gasteiger charge is 2.31. The van der Waals surface area contributed by atoms with Gasteiger partial charge in [0, 0.05) is 12.6 Å². The summed E-state index contributed by atoms with van der Waals surface area (Å²) < 4.78 is 37.2. The Kier molecular flexibility index (Phi) is 3.43. The number of halogens is 3. The third kappa shape index (κ3) is 2.80. The Bertz CT molecular complexity index is 369. The Hall–Kier alpha value is -1.03. The molecule has 0 aliphatic carbocycles. The van der Waals surface area contributed by atoms with E-state index in [0.717, 1.165) is 24.9 Å². The predicted molar refractivity (Wildman–Crippen MR) is 60.9 cm³/mol. The van der Waals surface area contributed by atoms with Crippen molar-refractivity contribution in [2.45, 2.75) is 37.9 Å². The molecule has 1 aliphatic heterocycles. The Labute approximate surface area is 99.0 Å². The monoisotopic (exact) mass is 243 g/mol. The van der Waals surface area contributed by atoms with Crippen LogP contribution in [0.3, 0.4) is 0 Å². The van der Waals surface area contributed by atoms with Crippen LogP contribution in [0.4, 0.5) is 13.2 Å². The molecule has 0 radical (unpaired) electrons. The van der Waals surface area contributed by atoms with Crippen molar-refractivity contribution in [3.05, 3.63) is 35.4 Å². The summed E-state index contributed by atoms with van der Waals surface area (Å²) in [4.78, 5) is 0. The molecule has 1 N–H and O–H groups in total. The number of nitrogens with one attached hydrogen (secondary N) is 1. The normalized spacial score (nSPS) is 25.2. The SMILES string of the molecule is CC[C@H]1CC(c2ccc(C(F)(F)F)cc2)CN1. The molecule has 1 unspecified atom stereocenters. The fourth-order valence-electron chi connectivity index (χ4n) is 2.33. The van der Waals surface area contributed by atoms with Gasteiger partial charge in [0.15, 0.2) is 0 Å². The number of hydrogen-bond donors (Lipinski definition) is 1. The zero-order chi connectivity index (χ0) is 12.5. The van der Waals surface area contributed by atoms with E-state index in [4.69, 9.17) is 0 Å². The van der Waals surface area contributed by atoms with Crippen molar-refractivity contribution in [2.75, 3.05) is 6.54 Å². The quantitative estimate of drug-likeness (QED) is 0.837. The molecule has 94 valence electrons. The van der Waals surface area contributed by atoms with E-state index in [2.05, 4.69) is 12.2 Å². The van der Waals surface area contributed by atoms with Crippen LogP contribution in [0.25, 0.3) is 0 Å². The zero-order valence-corrected chi connectivity index (χ0v) is 9.72. The minimum absolute atomic E-state index is 0.349. The molecule has 0 saturated carbocycles. The first kappa shape index (κ1) is 12.4. The first-order chi connectivity index (χ1) is 8.00. The lowest BCUT2D eigenvalue weighted by Crippen LogP contribution is -2.19. The van der Waals surface area contributed by atoms with Crippen molar-refractivity contribution in [1.82, 2.24) is 5.32 Å². The number of rotatable bonds is 2. The molecule has 17 heavy (non-hydrogen) atoms. The molecule has 0 bridgehead atoms. The van der Waals surface area contributed by atoms with Crippen LogP contribution in [0.1, 0.15) is 36.8 Å². The predicted octanol–water partition coefficient (Wildman–Crippen LogP) is 3.56. The van der Waals surface area contributed by atoms with Crippen molar-refractivity contribution in [1.29, 1.82) is 0 Å². The first-order valence-electron chi connectivity index (χ1n) is 5.91. The van der Waals surface area contributed by atoms with Crippen LogP contribution in [0, 0.1) is 0 Å². The third-order valence-corrected chi connectivity index (χ3v) is 3.42. The summed E-state index contributed by atoms with van der Waals surface area (Å²) >= 11 is 0. The molecule has 0 amide bonds. The molecule has 1 aromatic carbocycles. The summed E-state index contributed by atoms with van der Waals surface area (Å²) in [5, 5.41) is 3.38. The molecule has 2 atom stereocenters. The van der Waals surface area contributed by atoms with E-state index in [1.165, 1.54) is 12.1 Å². The van der Waals surface area contributed by atoms with Gasteiger partial charge in [0.05, 0.1) is 5.56 Å². The van der Waals surface area contributed by atoms with Crippen LogP contribution in [-0.4, -0.2) is 12.6 Å². The second-order valence-electron chi connectivity index (χ2n) is 4.57. The van der Waals surface area contributed by atoms with Crippen molar-refractivity contribution in [3.8, 4) is 0 Å². The minimum atomic E-state index is -4.24. The summed E-state index contributed by atoms with van der Waals surface area (Å²) in [5.74, 6) is 0.349. The van der Waals surface area contributed by atoms with Crippen LogP contribution in [0.2, 0.25) is 0 Å². The van der Waals surface area contributed by atoms with Gasteiger partial charge in [0.1, 0.15) is 0 Å². The van der Waals surface area contributed by atoms with Gasteiger partial charge in [0.2, 0.25) is 0 Å². The van der Waals surface area contributed by atoms with Crippen LogP contribution in [0.5, 0.6) is 0 Å². The van der Waals surface area contributed by atoms with Gasteiger partial charge in [-0.05, 0) is 36.5 Å². The number of hydrogen-bond acceptors (Lipinski definition) is 1. The van der Waals surface area contributed by atoms with Crippen molar-refractivity contribution in [3.63, 3.8) is 0 Å². The average Bonchev–Trinajstić information content (AvgIpc) is 2.76. The van der Waals surface area contributed by atoms with Crippen molar-refractivity contribution in [2.24, 2.45) is 0 Å². The van der Waals surface area contributed by atoms with Gasteiger partial charge in [-0.25, -0.2) is 0 Å². The molecule has 2 rings (SSSR count). The highest BCUT2D eigenvalue weighted by molar-refractivity contribution is 5.28. The first-order valence-corrected chi connectivity index (χ1v) is 5.91. The standard InChI is InChI=1S/C13H16F3N/c1-2-12-7-10(8-17-12)9-3-5-11(6-4-9)13(14,15)16/h3-6,10,12,17H,2,7-8H2,1H3/t10?,12-/m0/s1. The van der Waals surface area contributed by atoms with E-state index < -0.39 is 11.7 Å². The topological polar surface area (TPSA) is 12.0 Å². The molecular weight excluding hydrogens is 227 g/mol.